The van der Waals surface area contributed by atoms with Crippen molar-refractivity contribution in [2.75, 3.05) is 13.6 Å². The van der Waals surface area contributed by atoms with E-state index in [0.717, 1.165) is 12.1 Å². The normalized spacial score (nSPS) is 12.0. The second kappa shape index (κ2) is 5.54. The standard InChI is InChI=1S/C11H13FN2O4/c1-7(15)6-13(2)11(16)8-3-4-9(12)10(5-8)14(17)18/h3-5,7,15H,6H2,1-2H3. The van der Waals surface area contributed by atoms with Crippen molar-refractivity contribution in [3.63, 3.8) is 0 Å². The van der Waals surface area contributed by atoms with E-state index in [2.05, 4.69) is 0 Å². The van der Waals surface area contributed by atoms with E-state index < -0.39 is 28.4 Å². The van der Waals surface area contributed by atoms with Gasteiger partial charge in [-0.25, -0.2) is 0 Å². The minimum absolute atomic E-state index is 0.00579. The van der Waals surface area contributed by atoms with Crippen LogP contribution in [0.5, 0.6) is 0 Å². The van der Waals surface area contributed by atoms with Crippen molar-refractivity contribution < 1.29 is 19.2 Å². The zero-order chi connectivity index (χ0) is 13.9. The van der Waals surface area contributed by atoms with Gasteiger partial charge in [-0.1, -0.05) is 0 Å². The van der Waals surface area contributed by atoms with Crippen LogP contribution < -0.4 is 0 Å². The van der Waals surface area contributed by atoms with Crippen LogP contribution in [0.3, 0.4) is 0 Å². The number of benzene rings is 1. The maximum absolute atomic E-state index is 13.1. The van der Waals surface area contributed by atoms with E-state index in [-0.39, 0.29) is 12.1 Å². The second-order valence-corrected chi connectivity index (χ2v) is 3.96. The Morgan fingerprint density at radius 1 is 1.61 bits per heavy atom. The van der Waals surface area contributed by atoms with Crippen LogP contribution in [0.1, 0.15) is 17.3 Å². The fourth-order valence-electron chi connectivity index (χ4n) is 1.49. The summed E-state index contributed by atoms with van der Waals surface area (Å²) in [6.45, 7) is 1.60. The van der Waals surface area contributed by atoms with Crippen LogP contribution in [-0.4, -0.2) is 40.5 Å². The molecule has 1 amide bonds. The van der Waals surface area contributed by atoms with E-state index in [1.807, 2.05) is 0 Å². The van der Waals surface area contributed by atoms with Crippen LogP contribution >= 0.6 is 0 Å². The summed E-state index contributed by atoms with van der Waals surface area (Å²) in [7, 11) is 1.45. The molecule has 1 aromatic carbocycles. The van der Waals surface area contributed by atoms with Gasteiger partial charge in [0.05, 0.1) is 11.0 Å². The summed E-state index contributed by atoms with van der Waals surface area (Å²) in [5, 5.41) is 19.7. The number of halogens is 1. The molecule has 1 atom stereocenters. The van der Waals surface area contributed by atoms with Gasteiger partial charge in [-0.2, -0.15) is 4.39 Å². The molecule has 7 heteroatoms. The Morgan fingerprint density at radius 2 is 2.22 bits per heavy atom. The van der Waals surface area contributed by atoms with Crippen LogP contribution in [0, 0.1) is 15.9 Å². The average molecular weight is 256 g/mol. The number of nitro benzene ring substituents is 1. The Balaban J connectivity index is 3.00. The van der Waals surface area contributed by atoms with Gasteiger partial charge in [-0.3, -0.25) is 14.9 Å². The monoisotopic (exact) mass is 256 g/mol. The number of amides is 1. The third-order valence-electron chi connectivity index (χ3n) is 2.27. The van der Waals surface area contributed by atoms with Gasteiger partial charge in [0.15, 0.2) is 0 Å². The zero-order valence-electron chi connectivity index (χ0n) is 9.96. The summed E-state index contributed by atoms with van der Waals surface area (Å²) in [6.07, 6.45) is -0.714. The summed E-state index contributed by atoms with van der Waals surface area (Å²) < 4.78 is 13.1. The molecular weight excluding hydrogens is 243 g/mol. The second-order valence-electron chi connectivity index (χ2n) is 3.96. The van der Waals surface area contributed by atoms with Crippen molar-refractivity contribution in [3.05, 3.63) is 39.7 Å². The number of nitro groups is 1. The molecule has 18 heavy (non-hydrogen) atoms. The molecule has 1 N–H and O–H groups in total. The highest BCUT2D eigenvalue weighted by Gasteiger charge is 2.20. The number of aliphatic hydroxyl groups is 1. The van der Waals surface area contributed by atoms with Gasteiger partial charge in [0.2, 0.25) is 5.82 Å². The highest BCUT2D eigenvalue weighted by atomic mass is 19.1. The molecule has 0 heterocycles. The molecule has 0 aromatic heterocycles. The molecule has 1 rings (SSSR count). The fraction of sp³-hybridized carbons (Fsp3) is 0.364. The lowest BCUT2D eigenvalue weighted by molar-refractivity contribution is -0.387. The summed E-state index contributed by atoms with van der Waals surface area (Å²) >= 11 is 0. The van der Waals surface area contributed by atoms with Crippen LogP contribution in [-0.2, 0) is 0 Å². The lowest BCUT2D eigenvalue weighted by Gasteiger charge is -2.18. The minimum atomic E-state index is -0.991. The molecule has 0 bridgehead atoms. The first-order valence-electron chi connectivity index (χ1n) is 5.20. The largest absolute Gasteiger partial charge is 0.392 e. The molecular formula is C11H13FN2O4. The molecule has 0 aliphatic rings. The van der Waals surface area contributed by atoms with E-state index in [1.165, 1.54) is 24.9 Å². The average Bonchev–Trinajstić information content (AvgIpc) is 2.27. The van der Waals surface area contributed by atoms with Gasteiger partial charge < -0.3 is 10.0 Å². The van der Waals surface area contributed by atoms with Gasteiger partial charge >= 0.3 is 5.69 Å². The molecule has 1 aromatic rings. The van der Waals surface area contributed by atoms with Gasteiger partial charge in [0.25, 0.3) is 5.91 Å². The van der Waals surface area contributed by atoms with Crippen LogP contribution in [0.25, 0.3) is 0 Å². The predicted octanol–water partition coefficient (Wildman–Crippen LogP) is 1.19. The van der Waals surface area contributed by atoms with Gasteiger partial charge in [0, 0.05) is 25.2 Å². The maximum Gasteiger partial charge on any atom is 0.305 e. The first-order chi connectivity index (χ1) is 8.32. The summed E-state index contributed by atoms with van der Waals surface area (Å²) in [5.41, 5.74) is -0.738. The summed E-state index contributed by atoms with van der Waals surface area (Å²) in [5.74, 6) is -1.51. The molecule has 98 valence electrons. The lowest BCUT2D eigenvalue weighted by Crippen LogP contribution is -2.33. The van der Waals surface area contributed by atoms with Gasteiger partial charge in [-0.15, -0.1) is 0 Å². The van der Waals surface area contributed by atoms with E-state index >= 15 is 0 Å². The molecule has 0 fully saturated rings. The number of hydrogen-bond donors (Lipinski definition) is 1. The molecule has 1 unspecified atom stereocenters. The molecule has 0 saturated carbocycles. The number of likely N-dealkylation sites (N-methyl/N-ethyl adjacent to an activating group) is 1. The topological polar surface area (TPSA) is 83.7 Å². The van der Waals surface area contributed by atoms with E-state index in [4.69, 9.17) is 5.11 Å². The van der Waals surface area contributed by atoms with Crippen LogP contribution in [0.15, 0.2) is 18.2 Å². The Kier molecular flexibility index (Phi) is 4.33. The highest BCUT2D eigenvalue weighted by molar-refractivity contribution is 5.94. The fourth-order valence-corrected chi connectivity index (χ4v) is 1.49. The van der Waals surface area contributed by atoms with Crippen molar-refractivity contribution in [2.24, 2.45) is 0 Å². The Hall–Kier alpha value is -2.02. The Labute approximate surface area is 103 Å². The first-order valence-corrected chi connectivity index (χ1v) is 5.20. The molecule has 0 saturated heterocycles. The maximum atomic E-state index is 13.1. The van der Waals surface area contributed by atoms with Crippen molar-refractivity contribution in [2.45, 2.75) is 13.0 Å². The number of aliphatic hydroxyl groups excluding tert-OH is 1. The quantitative estimate of drug-likeness (QED) is 0.647. The van der Waals surface area contributed by atoms with E-state index in [0.29, 0.717) is 0 Å². The number of hydrogen-bond acceptors (Lipinski definition) is 4. The predicted molar refractivity (Wildman–Crippen MR) is 61.7 cm³/mol. The third-order valence-corrected chi connectivity index (χ3v) is 2.27. The lowest BCUT2D eigenvalue weighted by atomic mass is 10.1. The highest BCUT2D eigenvalue weighted by Crippen LogP contribution is 2.19. The molecule has 0 aliphatic heterocycles. The number of rotatable bonds is 4. The van der Waals surface area contributed by atoms with Crippen LogP contribution in [0.4, 0.5) is 10.1 Å². The van der Waals surface area contributed by atoms with Crippen molar-refractivity contribution >= 4 is 11.6 Å². The summed E-state index contributed by atoms with van der Waals surface area (Å²) in [6, 6.07) is 2.93. The van der Waals surface area contributed by atoms with E-state index in [9.17, 15) is 19.3 Å². The minimum Gasteiger partial charge on any atom is -0.392 e. The number of carbonyl (C=O) groups excluding carboxylic acids is 1. The zero-order valence-corrected chi connectivity index (χ0v) is 9.96. The van der Waals surface area contributed by atoms with Gasteiger partial charge in [0.1, 0.15) is 0 Å². The van der Waals surface area contributed by atoms with Crippen molar-refractivity contribution in [1.29, 1.82) is 0 Å². The van der Waals surface area contributed by atoms with Crippen molar-refractivity contribution in [1.82, 2.24) is 4.90 Å². The molecule has 0 radical (unpaired) electrons. The van der Waals surface area contributed by atoms with Crippen molar-refractivity contribution in [3.8, 4) is 0 Å². The first kappa shape index (κ1) is 14.0. The van der Waals surface area contributed by atoms with Gasteiger partial charge in [-0.05, 0) is 19.1 Å². The smallest absolute Gasteiger partial charge is 0.305 e. The third kappa shape index (κ3) is 3.24. The van der Waals surface area contributed by atoms with E-state index in [1.54, 1.807) is 0 Å². The molecule has 0 aliphatic carbocycles. The number of carbonyl (C=O) groups is 1. The molecule has 6 nitrogen and oxygen atoms in total. The Bertz CT molecular complexity index is 476. The molecule has 0 spiro atoms. The Morgan fingerprint density at radius 3 is 2.72 bits per heavy atom. The van der Waals surface area contributed by atoms with Crippen LogP contribution in [0.2, 0.25) is 0 Å². The summed E-state index contributed by atoms with van der Waals surface area (Å²) in [4.78, 5) is 22.7. The SMILES string of the molecule is CC(O)CN(C)C(=O)c1ccc(F)c([N+](=O)[O-])c1. The number of nitrogens with zero attached hydrogens (tertiary/aromatic N) is 2.